The first-order valence-electron chi connectivity index (χ1n) is 6.40. The van der Waals surface area contributed by atoms with Crippen LogP contribution in [-0.4, -0.2) is 29.5 Å². The number of hydrogen-bond acceptors (Lipinski definition) is 4. The molecule has 23 heavy (non-hydrogen) atoms. The molecule has 122 valence electrons. The first-order chi connectivity index (χ1) is 10.8. The molecule has 1 aromatic heterocycles. The zero-order chi connectivity index (χ0) is 17.0. The Balaban J connectivity index is 2.48. The second kappa shape index (κ2) is 6.55. The summed E-state index contributed by atoms with van der Waals surface area (Å²) in [7, 11) is 1.33. The average Bonchev–Trinajstić information content (AvgIpc) is 2.45. The number of carboxylic acid groups (broad SMARTS) is 1. The smallest absolute Gasteiger partial charge is 0.481 e. The number of alkyl halides is 3. The fourth-order valence-corrected chi connectivity index (χ4v) is 2.04. The molecular formula is C15H12F3NO4. The quantitative estimate of drug-likeness (QED) is 0.913. The van der Waals surface area contributed by atoms with Gasteiger partial charge in [0.15, 0.2) is 0 Å². The molecule has 1 heterocycles. The molecule has 0 aliphatic carbocycles. The van der Waals surface area contributed by atoms with Gasteiger partial charge in [-0.1, -0.05) is 18.2 Å². The van der Waals surface area contributed by atoms with Gasteiger partial charge in [0, 0.05) is 22.9 Å². The van der Waals surface area contributed by atoms with Crippen LogP contribution in [0, 0.1) is 0 Å². The summed E-state index contributed by atoms with van der Waals surface area (Å²) in [5, 5.41) is 8.90. The van der Waals surface area contributed by atoms with Gasteiger partial charge in [-0.05, 0) is 12.1 Å². The topological polar surface area (TPSA) is 68.7 Å². The van der Waals surface area contributed by atoms with Crippen LogP contribution in [0.1, 0.15) is 5.56 Å². The van der Waals surface area contributed by atoms with Crippen molar-refractivity contribution in [3.05, 3.63) is 42.1 Å². The minimum Gasteiger partial charge on any atom is -0.481 e. The van der Waals surface area contributed by atoms with Crippen molar-refractivity contribution in [2.75, 3.05) is 7.11 Å². The fraction of sp³-hybridized carbons (Fsp3) is 0.200. The molecule has 0 amide bonds. The number of rotatable bonds is 5. The number of hydrogen-bond donors (Lipinski definition) is 1. The largest absolute Gasteiger partial charge is 0.573 e. The van der Waals surface area contributed by atoms with E-state index in [2.05, 4.69) is 9.72 Å². The first kappa shape index (κ1) is 16.6. The number of benzene rings is 1. The minimum atomic E-state index is -4.83. The summed E-state index contributed by atoms with van der Waals surface area (Å²) in [6.45, 7) is 0. The molecule has 0 aliphatic heterocycles. The predicted molar refractivity (Wildman–Crippen MR) is 74.2 cm³/mol. The van der Waals surface area contributed by atoms with Crippen LogP contribution in [0.3, 0.4) is 0 Å². The first-order valence-corrected chi connectivity index (χ1v) is 6.40. The summed E-state index contributed by atoms with van der Waals surface area (Å²) in [6, 6.07) is 6.96. The van der Waals surface area contributed by atoms with Crippen LogP contribution in [-0.2, 0) is 11.2 Å². The van der Waals surface area contributed by atoms with Crippen LogP contribution in [0.5, 0.6) is 11.6 Å². The van der Waals surface area contributed by atoms with Crippen LogP contribution in [0.4, 0.5) is 13.2 Å². The van der Waals surface area contributed by atoms with E-state index in [0.29, 0.717) is 5.56 Å². The third kappa shape index (κ3) is 4.35. The molecule has 1 aromatic carbocycles. The standard InChI is InChI=1S/C15H12F3NO4/c1-22-14-9(7-13(20)21)6-10(8-19-14)11-4-2-3-5-12(11)23-15(16,17)18/h2-6,8H,7H2,1H3,(H,20,21). The summed E-state index contributed by atoms with van der Waals surface area (Å²) in [4.78, 5) is 14.8. The van der Waals surface area contributed by atoms with E-state index in [0.717, 1.165) is 0 Å². The second-order valence-corrected chi connectivity index (χ2v) is 4.51. The third-order valence-electron chi connectivity index (χ3n) is 2.88. The van der Waals surface area contributed by atoms with Gasteiger partial charge in [-0.3, -0.25) is 4.79 Å². The van der Waals surface area contributed by atoms with Crippen LogP contribution in [0.15, 0.2) is 36.5 Å². The predicted octanol–water partition coefficient (Wildman–Crippen LogP) is 3.28. The average molecular weight is 327 g/mol. The van der Waals surface area contributed by atoms with E-state index in [-0.39, 0.29) is 23.4 Å². The molecule has 1 N–H and O–H groups in total. The monoisotopic (exact) mass is 327 g/mol. The lowest BCUT2D eigenvalue weighted by Gasteiger charge is -2.14. The Bertz CT molecular complexity index is 716. The van der Waals surface area contributed by atoms with Gasteiger partial charge in [-0.2, -0.15) is 0 Å². The number of methoxy groups -OCH3 is 1. The van der Waals surface area contributed by atoms with E-state index in [1.807, 2.05) is 0 Å². The molecule has 5 nitrogen and oxygen atoms in total. The summed E-state index contributed by atoms with van der Waals surface area (Å²) in [5.74, 6) is -1.40. The number of carbonyl (C=O) groups is 1. The number of aromatic nitrogens is 1. The van der Waals surface area contributed by atoms with E-state index in [4.69, 9.17) is 9.84 Å². The maximum atomic E-state index is 12.5. The van der Waals surface area contributed by atoms with E-state index >= 15 is 0 Å². The number of para-hydroxylation sites is 1. The SMILES string of the molecule is COc1ncc(-c2ccccc2OC(F)(F)F)cc1CC(=O)O. The van der Waals surface area contributed by atoms with Gasteiger partial charge in [-0.15, -0.1) is 13.2 Å². The molecule has 0 fully saturated rings. The van der Waals surface area contributed by atoms with Gasteiger partial charge in [0.1, 0.15) is 5.75 Å². The lowest BCUT2D eigenvalue weighted by atomic mass is 10.0. The van der Waals surface area contributed by atoms with Crippen molar-refractivity contribution in [2.24, 2.45) is 0 Å². The maximum Gasteiger partial charge on any atom is 0.573 e. The molecule has 0 atom stereocenters. The normalized spacial score (nSPS) is 11.1. The van der Waals surface area contributed by atoms with E-state index in [1.54, 1.807) is 6.07 Å². The second-order valence-electron chi connectivity index (χ2n) is 4.51. The van der Waals surface area contributed by atoms with Crippen molar-refractivity contribution in [2.45, 2.75) is 12.8 Å². The molecule has 0 radical (unpaired) electrons. The summed E-state index contributed by atoms with van der Waals surface area (Å²) >= 11 is 0. The van der Waals surface area contributed by atoms with Crippen LogP contribution in [0.25, 0.3) is 11.1 Å². The molecule has 0 bridgehead atoms. The highest BCUT2D eigenvalue weighted by atomic mass is 19.4. The molecule has 2 aromatic rings. The Morgan fingerprint density at radius 1 is 1.30 bits per heavy atom. The fourth-order valence-electron chi connectivity index (χ4n) is 2.04. The van der Waals surface area contributed by atoms with Crippen molar-refractivity contribution in [3.8, 4) is 22.8 Å². The Morgan fingerprint density at radius 3 is 2.61 bits per heavy atom. The molecule has 0 aliphatic rings. The van der Waals surface area contributed by atoms with Crippen molar-refractivity contribution in [1.82, 2.24) is 4.98 Å². The molecule has 2 rings (SSSR count). The Labute approximate surface area is 129 Å². The Morgan fingerprint density at radius 2 is 2.00 bits per heavy atom. The summed E-state index contributed by atoms with van der Waals surface area (Å²) in [6.07, 6.45) is -3.91. The number of pyridine rings is 1. The van der Waals surface area contributed by atoms with Crippen molar-refractivity contribution in [3.63, 3.8) is 0 Å². The highest BCUT2D eigenvalue weighted by molar-refractivity contribution is 5.74. The van der Waals surface area contributed by atoms with E-state index in [1.165, 1.54) is 37.6 Å². The zero-order valence-electron chi connectivity index (χ0n) is 11.9. The van der Waals surface area contributed by atoms with Crippen molar-refractivity contribution in [1.29, 1.82) is 0 Å². The van der Waals surface area contributed by atoms with E-state index < -0.39 is 18.1 Å². The molecule has 0 unspecified atom stereocenters. The molecule has 8 heteroatoms. The zero-order valence-corrected chi connectivity index (χ0v) is 11.9. The highest BCUT2D eigenvalue weighted by Gasteiger charge is 2.32. The molecular weight excluding hydrogens is 315 g/mol. The van der Waals surface area contributed by atoms with Gasteiger partial charge in [-0.25, -0.2) is 4.98 Å². The minimum absolute atomic E-state index is 0.102. The maximum absolute atomic E-state index is 12.5. The van der Waals surface area contributed by atoms with E-state index in [9.17, 15) is 18.0 Å². The number of nitrogens with zero attached hydrogens (tertiary/aromatic N) is 1. The van der Waals surface area contributed by atoms with Crippen LogP contribution in [0.2, 0.25) is 0 Å². The van der Waals surface area contributed by atoms with Crippen molar-refractivity contribution < 1.29 is 32.5 Å². The number of halogens is 3. The van der Waals surface area contributed by atoms with Gasteiger partial charge in [0.2, 0.25) is 5.88 Å². The highest BCUT2D eigenvalue weighted by Crippen LogP contribution is 2.34. The number of ether oxygens (including phenoxy) is 2. The van der Waals surface area contributed by atoms with Crippen molar-refractivity contribution >= 4 is 5.97 Å². The third-order valence-corrected chi connectivity index (χ3v) is 2.88. The van der Waals surface area contributed by atoms with Crippen LogP contribution < -0.4 is 9.47 Å². The lowest BCUT2D eigenvalue weighted by Crippen LogP contribution is -2.17. The molecule has 0 saturated heterocycles. The summed E-state index contributed by atoms with van der Waals surface area (Å²) < 4.78 is 46.4. The number of carboxylic acids is 1. The van der Waals surface area contributed by atoms with Gasteiger partial charge < -0.3 is 14.6 Å². The van der Waals surface area contributed by atoms with Gasteiger partial charge in [0.05, 0.1) is 13.5 Å². The molecule has 0 saturated carbocycles. The van der Waals surface area contributed by atoms with Crippen LogP contribution >= 0.6 is 0 Å². The van der Waals surface area contributed by atoms with Gasteiger partial charge >= 0.3 is 12.3 Å². The lowest BCUT2D eigenvalue weighted by molar-refractivity contribution is -0.274. The Hall–Kier alpha value is -2.77. The molecule has 0 spiro atoms. The number of aliphatic carboxylic acids is 1. The summed E-state index contributed by atoms with van der Waals surface area (Å²) in [5.41, 5.74) is 0.688. The van der Waals surface area contributed by atoms with Gasteiger partial charge in [0.25, 0.3) is 0 Å². The Kier molecular flexibility index (Phi) is 4.73.